The Kier molecular flexibility index (Phi) is 1.95. The van der Waals surface area contributed by atoms with Crippen molar-refractivity contribution in [3.8, 4) is 5.75 Å². The highest BCUT2D eigenvalue weighted by Crippen LogP contribution is 2.32. The van der Waals surface area contributed by atoms with E-state index in [0.29, 0.717) is 0 Å². The Hall–Kier alpha value is -1.77. The van der Waals surface area contributed by atoms with Gasteiger partial charge in [-0.15, -0.1) is 0 Å². The maximum absolute atomic E-state index is 5.63. The molecular formula is C12H12N2O. The van der Waals surface area contributed by atoms with Gasteiger partial charge >= 0.3 is 0 Å². The van der Waals surface area contributed by atoms with E-state index >= 15 is 0 Å². The molecule has 1 aromatic heterocycles. The van der Waals surface area contributed by atoms with Crippen molar-refractivity contribution in [1.29, 1.82) is 0 Å². The minimum atomic E-state index is 0.764. The molecule has 0 saturated carbocycles. The largest absolute Gasteiger partial charge is 0.490 e. The van der Waals surface area contributed by atoms with Crippen LogP contribution in [-0.4, -0.2) is 18.1 Å². The van der Waals surface area contributed by atoms with Crippen molar-refractivity contribution in [3.63, 3.8) is 0 Å². The van der Waals surface area contributed by atoms with Gasteiger partial charge in [-0.3, -0.25) is 4.98 Å². The number of nitrogens with one attached hydrogen (secondary N) is 1. The average Bonchev–Trinajstić information content (AvgIpc) is 2.54. The van der Waals surface area contributed by atoms with Gasteiger partial charge in [-0.2, -0.15) is 0 Å². The Bertz CT molecular complexity index is 496. The monoisotopic (exact) mass is 200 g/mol. The Balaban J connectivity index is 2.27. The van der Waals surface area contributed by atoms with Gasteiger partial charge in [0.05, 0.1) is 24.0 Å². The summed E-state index contributed by atoms with van der Waals surface area (Å²) >= 11 is 0. The second kappa shape index (κ2) is 3.42. The predicted octanol–water partition coefficient (Wildman–Crippen LogP) is 2.43. The summed E-state index contributed by atoms with van der Waals surface area (Å²) < 4.78 is 5.63. The van der Waals surface area contributed by atoms with Crippen LogP contribution in [0.5, 0.6) is 5.75 Å². The molecule has 3 heteroatoms. The van der Waals surface area contributed by atoms with Crippen LogP contribution in [0.1, 0.15) is 6.42 Å². The highest BCUT2D eigenvalue weighted by molar-refractivity contribution is 5.94. The number of ether oxygens (including phenoxy) is 1. The molecule has 0 bridgehead atoms. The Morgan fingerprint density at radius 3 is 3.20 bits per heavy atom. The van der Waals surface area contributed by atoms with Crippen LogP contribution in [0.15, 0.2) is 30.5 Å². The van der Waals surface area contributed by atoms with Crippen molar-refractivity contribution in [1.82, 2.24) is 4.98 Å². The first-order chi connectivity index (χ1) is 7.45. The average molecular weight is 200 g/mol. The van der Waals surface area contributed by atoms with Crippen molar-refractivity contribution in [2.45, 2.75) is 6.42 Å². The van der Waals surface area contributed by atoms with Gasteiger partial charge in [-0.25, -0.2) is 0 Å². The molecule has 2 aromatic rings. The minimum absolute atomic E-state index is 0.764. The molecule has 0 saturated heterocycles. The van der Waals surface area contributed by atoms with E-state index in [9.17, 15) is 0 Å². The first-order valence-corrected chi connectivity index (χ1v) is 5.19. The fourth-order valence-corrected chi connectivity index (χ4v) is 1.88. The molecule has 0 amide bonds. The summed E-state index contributed by atoms with van der Waals surface area (Å²) in [6.45, 7) is 1.72. The first-order valence-electron chi connectivity index (χ1n) is 5.19. The lowest BCUT2D eigenvalue weighted by molar-refractivity contribution is 0.322. The van der Waals surface area contributed by atoms with Crippen molar-refractivity contribution in [3.05, 3.63) is 30.5 Å². The van der Waals surface area contributed by atoms with Gasteiger partial charge in [0.1, 0.15) is 0 Å². The Labute approximate surface area is 88.1 Å². The molecule has 1 N–H and O–H groups in total. The van der Waals surface area contributed by atoms with Crippen molar-refractivity contribution >= 4 is 16.6 Å². The van der Waals surface area contributed by atoms with Gasteiger partial charge in [-0.05, 0) is 12.5 Å². The zero-order valence-electron chi connectivity index (χ0n) is 8.36. The molecule has 76 valence electrons. The number of rotatable bonds is 0. The van der Waals surface area contributed by atoms with Gasteiger partial charge in [0, 0.05) is 11.9 Å². The van der Waals surface area contributed by atoms with Crippen molar-refractivity contribution < 1.29 is 4.74 Å². The fourth-order valence-electron chi connectivity index (χ4n) is 1.88. The van der Waals surface area contributed by atoms with Crippen LogP contribution in [0, 0.1) is 0 Å². The van der Waals surface area contributed by atoms with E-state index in [4.69, 9.17) is 4.74 Å². The van der Waals surface area contributed by atoms with E-state index < -0.39 is 0 Å². The van der Waals surface area contributed by atoms with Crippen LogP contribution in [0.4, 0.5) is 5.69 Å². The summed E-state index contributed by atoms with van der Waals surface area (Å²) in [4.78, 5) is 4.37. The SMILES string of the molecule is c1ccc2c3c(cnc2c1)OCCCN3. The zero-order chi connectivity index (χ0) is 10.1. The lowest BCUT2D eigenvalue weighted by atomic mass is 10.2. The molecule has 3 nitrogen and oxygen atoms in total. The van der Waals surface area contributed by atoms with Gasteiger partial charge in [-0.1, -0.05) is 18.2 Å². The van der Waals surface area contributed by atoms with Crippen LogP contribution >= 0.6 is 0 Å². The maximum atomic E-state index is 5.63. The number of benzene rings is 1. The summed E-state index contributed by atoms with van der Waals surface area (Å²) in [7, 11) is 0. The zero-order valence-corrected chi connectivity index (χ0v) is 8.36. The summed E-state index contributed by atoms with van der Waals surface area (Å²) in [6, 6.07) is 8.11. The molecular weight excluding hydrogens is 188 g/mol. The Morgan fingerprint density at radius 2 is 2.20 bits per heavy atom. The van der Waals surface area contributed by atoms with E-state index in [1.54, 1.807) is 6.20 Å². The first kappa shape index (κ1) is 8.53. The van der Waals surface area contributed by atoms with Crippen LogP contribution in [0.2, 0.25) is 0 Å². The summed E-state index contributed by atoms with van der Waals surface area (Å²) in [5.74, 6) is 0.867. The number of nitrogens with zero attached hydrogens (tertiary/aromatic N) is 1. The van der Waals surface area contributed by atoms with Gasteiger partial charge < -0.3 is 10.1 Å². The molecule has 2 heterocycles. The third-order valence-corrected chi connectivity index (χ3v) is 2.62. The second-order valence-electron chi connectivity index (χ2n) is 3.64. The van der Waals surface area contributed by atoms with Gasteiger partial charge in [0.15, 0.2) is 5.75 Å². The maximum Gasteiger partial charge on any atom is 0.161 e. The lowest BCUT2D eigenvalue weighted by Gasteiger charge is -2.09. The number of hydrogen-bond acceptors (Lipinski definition) is 3. The number of para-hydroxylation sites is 1. The smallest absolute Gasteiger partial charge is 0.161 e. The summed E-state index contributed by atoms with van der Waals surface area (Å²) in [5, 5.41) is 4.54. The molecule has 3 rings (SSSR count). The fraction of sp³-hybridized carbons (Fsp3) is 0.250. The summed E-state index contributed by atoms with van der Waals surface area (Å²) in [5.41, 5.74) is 2.09. The molecule has 15 heavy (non-hydrogen) atoms. The van der Waals surface area contributed by atoms with E-state index in [1.807, 2.05) is 18.2 Å². The Morgan fingerprint density at radius 1 is 1.27 bits per heavy atom. The van der Waals surface area contributed by atoms with E-state index in [0.717, 1.165) is 41.9 Å². The molecule has 0 unspecified atom stereocenters. The van der Waals surface area contributed by atoms with E-state index in [1.165, 1.54) is 0 Å². The summed E-state index contributed by atoms with van der Waals surface area (Å²) in [6.07, 6.45) is 2.83. The number of anilines is 1. The molecule has 0 atom stereocenters. The molecule has 1 aliphatic rings. The third kappa shape index (κ3) is 1.40. The van der Waals surface area contributed by atoms with Gasteiger partial charge in [0.2, 0.25) is 0 Å². The molecule has 1 aromatic carbocycles. The quantitative estimate of drug-likeness (QED) is 0.709. The van der Waals surface area contributed by atoms with Crippen molar-refractivity contribution in [2.75, 3.05) is 18.5 Å². The van der Waals surface area contributed by atoms with E-state index in [-0.39, 0.29) is 0 Å². The van der Waals surface area contributed by atoms with Crippen molar-refractivity contribution in [2.24, 2.45) is 0 Å². The topological polar surface area (TPSA) is 34.1 Å². The molecule has 1 aliphatic heterocycles. The molecule has 0 radical (unpaired) electrons. The normalized spacial score (nSPS) is 14.9. The second-order valence-corrected chi connectivity index (χ2v) is 3.64. The molecule has 0 fully saturated rings. The van der Waals surface area contributed by atoms with Crippen LogP contribution in [-0.2, 0) is 0 Å². The number of aromatic nitrogens is 1. The van der Waals surface area contributed by atoms with E-state index in [2.05, 4.69) is 16.4 Å². The standard InChI is InChI=1S/C12H12N2O/c1-2-5-10-9(4-1)12-11(8-14-10)15-7-3-6-13-12/h1-2,4-5,8,13H,3,6-7H2. The number of fused-ring (bicyclic) bond motifs is 3. The molecule has 0 spiro atoms. The van der Waals surface area contributed by atoms with Crippen LogP contribution < -0.4 is 10.1 Å². The highest BCUT2D eigenvalue weighted by atomic mass is 16.5. The lowest BCUT2D eigenvalue weighted by Crippen LogP contribution is -2.00. The molecule has 0 aliphatic carbocycles. The van der Waals surface area contributed by atoms with Crippen LogP contribution in [0.25, 0.3) is 10.9 Å². The van der Waals surface area contributed by atoms with Crippen LogP contribution in [0.3, 0.4) is 0 Å². The predicted molar refractivity (Wildman–Crippen MR) is 60.3 cm³/mol. The highest BCUT2D eigenvalue weighted by Gasteiger charge is 2.11. The third-order valence-electron chi connectivity index (χ3n) is 2.62. The van der Waals surface area contributed by atoms with Gasteiger partial charge in [0.25, 0.3) is 0 Å². The minimum Gasteiger partial charge on any atom is -0.490 e. The number of hydrogen-bond donors (Lipinski definition) is 1. The number of pyridine rings is 1.